The minimum atomic E-state index is -1.02. The van der Waals surface area contributed by atoms with Crippen LogP contribution in [0.4, 0.5) is 0 Å². The Bertz CT molecular complexity index is 956. The number of aliphatic carboxylic acids is 3. The number of thiol groups is 3. The van der Waals surface area contributed by atoms with E-state index in [0.717, 1.165) is 93.7 Å². The van der Waals surface area contributed by atoms with Crippen LogP contribution in [0.15, 0.2) is 0 Å². The lowest BCUT2D eigenvalue weighted by Gasteiger charge is -2.32. The summed E-state index contributed by atoms with van der Waals surface area (Å²) >= 11 is 14.4. The fraction of sp³-hybridized carbons (Fsp3) is 0.727. The van der Waals surface area contributed by atoms with Crippen LogP contribution in [0.3, 0.4) is 0 Å². The standard InChI is InChI=1S/C33H54O7S3/c1-4-7-10-13-16-22-30(24(41)19-27(34)35)23(17-14-11-8-5-2)32(26(43)21-29(38)39)33(40-18-15-12-9-6-3)31(22)25(42)20-28(36)37/h24-26,41-43H,4-21H2,1-3H3,(H,34,35)(H,36,37)(H,38,39). The normalized spacial score (nSPS) is 13.4. The van der Waals surface area contributed by atoms with E-state index in [1.807, 2.05) is 0 Å². The van der Waals surface area contributed by atoms with Crippen molar-refractivity contribution in [1.82, 2.24) is 0 Å². The molecule has 3 unspecified atom stereocenters. The van der Waals surface area contributed by atoms with Crippen LogP contribution in [-0.2, 0) is 27.2 Å². The summed E-state index contributed by atoms with van der Waals surface area (Å²) in [6.07, 6.45) is 12.1. The number of rotatable bonds is 25. The van der Waals surface area contributed by atoms with E-state index < -0.39 is 33.7 Å². The second-order valence-corrected chi connectivity index (χ2v) is 13.3. The lowest BCUT2D eigenvalue weighted by molar-refractivity contribution is -0.138. The Morgan fingerprint density at radius 3 is 1.26 bits per heavy atom. The first kappa shape index (κ1) is 39.5. The molecule has 43 heavy (non-hydrogen) atoms. The highest BCUT2D eigenvalue weighted by molar-refractivity contribution is 7.81. The van der Waals surface area contributed by atoms with Crippen LogP contribution in [0, 0.1) is 0 Å². The van der Waals surface area contributed by atoms with E-state index in [1.165, 1.54) is 0 Å². The molecule has 0 fully saturated rings. The average molecular weight is 659 g/mol. The van der Waals surface area contributed by atoms with Crippen LogP contribution in [0.2, 0.25) is 0 Å². The summed E-state index contributed by atoms with van der Waals surface area (Å²) in [7, 11) is 0. The van der Waals surface area contributed by atoms with Gasteiger partial charge in [0.25, 0.3) is 0 Å². The number of hydrogen-bond donors (Lipinski definition) is 6. The van der Waals surface area contributed by atoms with Crippen molar-refractivity contribution in [3.05, 3.63) is 27.8 Å². The molecule has 1 aromatic carbocycles. The third-order valence-corrected chi connectivity index (χ3v) is 9.02. The highest BCUT2D eigenvalue weighted by Crippen LogP contribution is 2.50. The van der Waals surface area contributed by atoms with Crippen molar-refractivity contribution in [2.24, 2.45) is 0 Å². The predicted molar refractivity (Wildman–Crippen MR) is 184 cm³/mol. The van der Waals surface area contributed by atoms with Crippen molar-refractivity contribution < 1.29 is 34.4 Å². The molecule has 1 rings (SSSR count). The molecule has 0 saturated carbocycles. The van der Waals surface area contributed by atoms with Crippen molar-refractivity contribution in [1.29, 1.82) is 0 Å². The SMILES string of the molecule is CCCCCCOc1c(C(S)CC(=O)O)c(CCCCCC)c(C(S)CC(=O)O)c(CCCCCC)c1C(S)CC(=O)O. The summed E-state index contributed by atoms with van der Waals surface area (Å²) in [4.78, 5) is 35.9. The monoisotopic (exact) mass is 658 g/mol. The molecule has 246 valence electrons. The smallest absolute Gasteiger partial charge is 0.304 e. The summed E-state index contributed by atoms with van der Waals surface area (Å²) in [5, 5.41) is 27.2. The van der Waals surface area contributed by atoms with Crippen LogP contribution >= 0.6 is 37.9 Å². The average Bonchev–Trinajstić information content (AvgIpc) is 2.91. The zero-order valence-electron chi connectivity index (χ0n) is 26.3. The van der Waals surface area contributed by atoms with Crippen LogP contribution in [-0.4, -0.2) is 39.8 Å². The summed E-state index contributed by atoms with van der Waals surface area (Å²) in [6.45, 7) is 6.79. The number of benzene rings is 1. The minimum absolute atomic E-state index is 0.227. The van der Waals surface area contributed by atoms with Crippen molar-refractivity contribution in [2.45, 2.75) is 146 Å². The van der Waals surface area contributed by atoms with E-state index >= 15 is 0 Å². The lowest BCUT2D eigenvalue weighted by atomic mass is 9.80. The molecule has 0 saturated heterocycles. The maximum atomic E-state index is 12.0. The third kappa shape index (κ3) is 14.0. The summed E-state index contributed by atoms with van der Waals surface area (Å²) < 4.78 is 6.55. The number of carboxylic acid groups (broad SMARTS) is 3. The number of carbonyl (C=O) groups is 3. The van der Waals surface area contributed by atoms with Crippen molar-refractivity contribution in [3.8, 4) is 5.75 Å². The van der Waals surface area contributed by atoms with E-state index in [1.54, 1.807) is 0 Å². The van der Waals surface area contributed by atoms with E-state index in [-0.39, 0.29) is 19.3 Å². The second-order valence-electron chi connectivity index (χ2n) is 11.4. The molecule has 0 heterocycles. The van der Waals surface area contributed by atoms with Gasteiger partial charge in [0.1, 0.15) is 5.75 Å². The molecule has 7 nitrogen and oxygen atoms in total. The van der Waals surface area contributed by atoms with E-state index in [2.05, 4.69) is 20.8 Å². The first-order valence-electron chi connectivity index (χ1n) is 16.0. The van der Waals surface area contributed by atoms with Gasteiger partial charge in [-0.15, -0.1) is 0 Å². The summed E-state index contributed by atoms with van der Waals surface area (Å²) in [6, 6.07) is 0. The van der Waals surface area contributed by atoms with E-state index in [4.69, 9.17) is 42.6 Å². The summed E-state index contributed by atoms with van der Waals surface area (Å²) in [5.74, 6) is -2.54. The van der Waals surface area contributed by atoms with E-state index in [0.29, 0.717) is 36.3 Å². The second kappa shape index (κ2) is 22.1. The molecule has 0 aliphatic rings. The van der Waals surface area contributed by atoms with Gasteiger partial charge < -0.3 is 20.1 Å². The highest BCUT2D eigenvalue weighted by atomic mass is 32.1. The predicted octanol–water partition coefficient (Wildman–Crippen LogP) is 9.23. The molecular formula is C33H54O7S3. The van der Waals surface area contributed by atoms with Crippen LogP contribution < -0.4 is 4.74 Å². The van der Waals surface area contributed by atoms with Crippen molar-refractivity contribution in [2.75, 3.05) is 6.61 Å². The van der Waals surface area contributed by atoms with Gasteiger partial charge in [0.15, 0.2) is 0 Å². The zero-order valence-corrected chi connectivity index (χ0v) is 29.0. The summed E-state index contributed by atoms with van der Waals surface area (Å²) in [5.41, 5.74) is 3.71. The number of hydrogen-bond acceptors (Lipinski definition) is 7. The Balaban J connectivity index is 4.17. The van der Waals surface area contributed by atoms with Crippen molar-refractivity contribution in [3.63, 3.8) is 0 Å². The Morgan fingerprint density at radius 2 is 0.907 bits per heavy atom. The lowest BCUT2D eigenvalue weighted by Crippen LogP contribution is -2.19. The minimum Gasteiger partial charge on any atom is -0.493 e. The molecule has 0 aliphatic carbocycles. The third-order valence-electron chi connectivity index (χ3n) is 7.70. The first-order chi connectivity index (χ1) is 20.5. The molecular weight excluding hydrogens is 605 g/mol. The first-order valence-corrected chi connectivity index (χ1v) is 17.6. The van der Waals surface area contributed by atoms with Gasteiger partial charge in [0, 0.05) is 26.9 Å². The molecule has 0 amide bonds. The maximum absolute atomic E-state index is 12.0. The van der Waals surface area contributed by atoms with Gasteiger partial charge in [0.05, 0.1) is 25.9 Å². The molecule has 0 radical (unpaired) electrons. The van der Waals surface area contributed by atoms with Gasteiger partial charge in [-0.3, -0.25) is 14.4 Å². The van der Waals surface area contributed by atoms with Crippen molar-refractivity contribution >= 4 is 55.8 Å². The Labute approximate surface area is 275 Å². The quantitative estimate of drug-likeness (QED) is 0.0458. The number of unbranched alkanes of at least 4 members (excludes halogenated alkanes) is 9. The van der Waals surface area contributed by atoms with Crippen LogP contribution in [0.5, 0.6) is 5.75 Å². The van der Waals surface area contributed by atoms with Gasteiger partial charge in [-0.2, -0.15) is 37.9 Å². The highest BCUT2D eigenvalue weighted by Gasteiger charge is 2.34. The topological polar surface area (TPSA) is 121 Å². The number of ether oxygens (including phenoxy) is 1. The Morgan fingerprint density at radius 1 is 0.558 bits per heavy atom. The zero-order chi connectivity index (χ0) is 32.4. The Kier molecular flexibility index (Phi) is 20.3. The largest absolute Gasteiger partial charge is 0.493 e. The molecule has 3 atom stereocenters. The van der Waals surface area contributed by atoms with Gasteiger partial charge in [-0.1, -0.05) is 78.6 Å². The van der Waals surface area contributed by atoms with Gasteiger partial charge in [0.2, 0.25) is 0 Å². The van der Waals surface area contributed by atoms with E-state index in [9.17, 15) is 29.7 Å². The molecule has 0 aromatic heterocycles. The molecule has 3 N–H and O–H groups in total. The fourth-order valence-electron chi connectivity index (χ4n) is 5.66. The molecule has 0 aliphatic heterocycles. The van der Waals surface area contributed by atoms with Gasteiger partial charge in [-0.25, -0.2) is 0 Å². The van der Waals surface area contributed by atoms with Crippen LogP contribution in [0.25, 0.3) is 0 Å². The molecule has 1 aromatic rings. The molecule has 10 heteroatoms. The van der Waals surface area contributed by atoms with Gasteiger partial charge in [-0.05, 0) is 48.8 Å². The van der Waals surface area contributed by atoms with Crippen LogP contribution in [0.1, 0.15) is 161 Å². The fourth-order valence-corrected chi connectivity index (χ4v) is 6.98. The Hall–Kier alpha value is -1.52. The maximum Gasteiger partial charge on any atom is 0.304 e. The number of carboxylic acids is 3. The molecule has 0 bridgehead atoms. The van der Waals surface area contributed by atoms with Gasteiger partial charge >= 0.3 is 17.9 Å². The molecule has 0 spiro atoms.